The van der Waals surface area contributed by atoms with Gasteiger partial charge in [-0.3, -0.25) is 0 Å². The van der Waals surface area contributed by atoms with Crippen molar-refractivity contribution < 1.29 is 55.5 Å². The minimum Gasteiger partial charge on any atom is -0.744 e. The SMILES string of the molecule is CCC(CC(C)c1ccc(S(=O)(=O)[O-])cc1)c1ccc(S(=O)(=O)[O-])cc1.[Na+]. The van der Waals surface area contributed by atoms with Crippen LogP contribution in [0.15, 0.2) is 58.3 Å². The van der Waals surface area contributed by atoms with E-state index in [9.17, 15) is 25.9 Å². The maximum atomic E-state index is 11.0. The molecule has 2 aromatic carbocycles. The molecule has 2 unspecified atom stereocenters. The second kappa shape index (κ2) is 9.65. The Balaban J connectivity index is 0.00000364. The summed E-state index contributed by atoms with van der Waals surface area (Å²) in [7, 11) is -8.92. The van der Waals surface area contributed by atoms with Crippen LogP contribution in [0, 0.1) is 0 Å². The molecular formula is C18H20NaO6S2-. The zero-order valence-corrected chi connectivity index (χ0v) is 19.1. The van der Waals surface area contributed by atoms with Crippen molar-refractivity contribution in [3.63, 3.8) is 0 Å². The molecule has 0 bridgehead atoms. The van der Waals surface area contributed by atoms with Crippen LogP contribution in [0.1, 0.15) is 49.7 Å². The van der Waals surface area contributed by atoms with Crippen LogP contribution in [-0.4, -0.2) is 25.9 Å². The Labute approximate surface area is 182 Å². The molecule has 0 radical (unpaired) electrons. The van der Waals surface area contributed by atoms with E-state index in [2.05, 4.69) is 0 Å². The molecule has 2 atom stereocenters. The average Bonchev–Trinajstić information content (AvgIpc) is 2.58. The zero-order valence-electron chi connectivity index (χ0n) is 15.5. The summed E-state index contributed by atoms with van der Waals surface area (Å²) in [5, 5.41) is 0. The van der Waals surface area contributed by atoms with Crippen molar-refractivity contribution in [2.45, 2.75) is 48.3 Å². The summed E-state index contributed by atoms with van der Waals surface area (Å²) >= 11 is 0. The molecule has 0 amide bonds. The zero-order chi connectivity index (χ0) is 19.5. The minimum atomic E-state index is -4.46. The molecule has 0 saturated carbocycles. The molecule has 0 aliphatic rings. The fraction of sp³-hybridized carbons (Fsp3) is 0.333. The van der Waals surface area contributed by atoms with Gasteiger partial charge in [0.05, 0.1) is 9.79 Å². The molecule has 0 fully saturated rings. The van der Waals surface area contributed by atoms with Crippen molar-refractivity contribution in [2.24, 2.45) is 0 Å². The molecule has 2 rings (SSSR count). The van der Waals surface area contributed by atoms with E-state index in [0.717, 1.165) is 24.0 Å². The van der Waals surface area contributed by atoms with Crippen LogP contribution in [0.2, 0.25) is 0 Å². The van der Waals surface area contributed by atoms with Gasteiger partial charge >= 0.3 is 29.6 Å². The molecule has 0 saturated heterocycles. The van der Waals surface area contributed by atoms with Gasteiger partial charge in [0.1, 0.15) is 20.2 Å². The smallest absolute Gasteiger partial charge is 0.744 e. The molecule has 142 valence electrons. The van der Waals surface area contributed by atoms with Gasteiger partial charge < -0.3 is 9.11 Å². The fourth-order valence-corrected chi connectivity index (χ4v) is 3.91. The standard InChI is InChI=1S/C18H22O6S2.Na/c1-3-14(16-6-10-18(11-7-16)26(22,23)24)12-13(2)15-4-8-17(9-5-15)25(19,20)21;/h4-11,13-14H,3,12H2,1-2H3,(H,19,20,21)(H,22,23,24);/q;+1/p-2. The van der Waals surface area contributed by atoms with E-state index in [1.54, 1.807) is 24.3 Å². The fourth-order valence-electron chi connectivity index (χ4n) is 2.97. The van der Waals surface area contributed by atoms with Gasteiger partial charge in [-0.1, -0.05) is 38.1 Å². The second-order valence-electron chi connectivity index (χ2n) is 6.29. The summed E-state index contributed by atoms with van der Waals surface area (Å²) < 4.78 is 66.1. The second-order valence-corrected chi connectivity index (χ2v) is 9.05. The van der Waals surface area contributed by atoms with Gasteiger partial charge in [0.2, 0.25) is 0 Å². The van der Waals surface area contributed by atoms with Crippen molar-refractivity contribution in [3.05, 3.63) is 59.7 Å². The molecule has 0 aliphatic carbocycles. The first-order valence-corrected chi connectivity index (χ1v) is 11.0. The Morgan fingerprint density at radius 1 is 0.778 bits per heavy atom. The average molecular weight is 419 g/mol. The Kier molecular flexibility index (Phi) is 8.68. The quantitative estimate of drug-likeness (QED) is 0.467. The van der Waals surface area contributed by atoms with Crippen LogP contribution in [-0.2, 0) is 20.2 Å². The summed E-state index contributed by atoms with van der Waals surface area (Å²) in [5.74, 6) is 0.252. The Bertz CT molecular complexity index is 952. The van der Waals surface area contributed by atoms with Crippen molar-refractivity contribution in [3.8, 4) is 0 Å². The number of hydrogen-bond acceptors (Lipinski definition) is 6. The third-order valence-electron chi connectivity index (χ3n) is 4.51. The third kappa shape index (κ3) is 6.67. The molecule has 0 heterocycles. The molecule has 0 aliphatic heterocycles. The largest absolute Gasteiger partial charge is 1.00 e. The van der Waals surface area contributed by atoms with Gasteiger partial charge in [-0.2, -0.15) is 0 Å². The monoisotopic (exact) mass is 419 g/mol. The van der Waals surface area contributed by atoms with E-state index in [4.69, 9.17) is 0 Å². The summed E-state index contributed by atoms with van der Waals surface area (Å²) in [6.45, 7) is 4.02. The van der Waals surface area contributed by atoms with Crippen molar-refractivity contribution >= 4 is 20.2 Å². The third-order valence-corrected chi connectivity index (χ3v) is 6.21. The summed E-state index contributed by atoms with van der Waals surface area (Å²) in [6, 6.07) is 11.8. The van der Waals surface area contributed by atoms with E-state index in [1.165, 1.54) is 24.3 Å². The van der Waals surface area contributed by atoms with Crippen LogP contribution in [0.25, 0.3) is 0 Å². The minimum absolute atomic E-state index is 0. The molecule has 2 aromatic rings. The van der Waals surface area contributed by atoms with Crippen molar-refractivity contribution in [1.82, 2.24) is 0 Å². The van der Waals surface area contributed by atoms with Crippen LogP contribution >= 0.6 is 0 Å². The van der Waals surface area contributed by atoms with E-state index in [1.807, 2.05) is 13.8 Å². The van der Waals surface area contributed by atoms with Gasteiger partial charge in [0.25, 0.3) is 0 Å². The maximum absolute atomic E-state index is 11.0. The summed E-state index contributed by atoms with van der Waals surface area (Å²) in [6.07, 6.45) is 1.57. The van der Waals surface area contributed by atoms with Gasteiger partial charge in [-0.15, -0.1) is 0 Å². The van der Waals surface area contributed by atoms with Crippen LogP contribution in [0.5, 0.6) is 0 Å². The van der Waals surface area contributed by atoms with Crippen molar-refractivity contribution in [1.29, 1.82) is 0 Å². The van der Waals surface area contributed by atoms with Crippen LogP contribution in [0.3, 0.4) is 0 Å². The van der Waals surface area contributed by atoms with E-state index >= 15 is 0 Å². The first-order chi connectivity index (χ1) is 12.0. The first kappa shape index (κ1) is 24.3. The topological polar surface area (TPSA) is 114 Å². The molecule has 0 spiro atoms. The van der Waals surface area contributed by atoms with E-state index < -0.39 is 20.2 Å². The number of benzene rings is 2. The maximum Gasteiger partial charge on any atom is 1.00 e. The molecular weight excluding hydrogens is 399 g/mol. The van der Waals surface area contributed by atoms with Gasteiger partial charge in [-0.25, -0.2) is 16.8 Å². The molecule has 0 N–H and O–H groups in total. The first-order valence-electron chi connectivity index (χ1n) is 8.14. The molecule has 27 heavy (non-hydrogen) atoms. The number of hydrogen-bond donors (Lipinski definition) is 0. The van der Waals surface area contributed by atoms with Crippen molar-refractivity contribution in [2.75, 3.05) is 0 Å². The van der Waals surface area contributed by atoms with Gasteiger partial charge in [0, 0.05) is 0 Å². The van der Waals surface area contributed by atoms with E-state index in [0.29, 0.717) is 0 Å². The van der Waals surface area contributed by atoms with E-state index in [-0.39, 0.29) is 51.2 Å². The molecule has 9 heteroatoms. The summed E-state index contributed by atoms with van der Waals surface area (Å²) in [4.78, 5) is -0.506. The summed E-state index contributed by atoms with van der Waals surface area (Å²) in [5.41, 5.74) is 1.85. The molecule has 6 nitrogen and oxygen atoms in total. The Hall–Kier alpha value is -0.740. The molecule has 0 aromatic heterocycles. The normalized spacial score (nSPS) is 14.2. The van der Waals surface area contributed by atoms with Gasteiger partial charge in [0.15, 0.2) is 0 Å². The Morgan fingerprint density at radius 3 is 1.48 bits per heavy atom. The predicted molar refractivity (Wildman–Crippen MR) is 94.9 cm³/mol. The van der Waals surface area contributed by atoms with Crippen LogP contribution < -0.4 is 29.6 Å². The van der Waals surface area contributed by atoms with Crippen LogP contribution in [0.4, 0.5) is 0 Å². The number of rotatable bonds is 7. The Morgan fingerprint density at radius 2 is 1.15 bits per heavy atom. The predicted octanol–water partition coefficient (Wildman–Crippen LogP) is 0.186. The van der Waals surface area contributed by atoms with Gasteiger partial charge in [-0.05, 0) is 60.1 Å².